The van der Waals surface area contributed by atoms with Crippen LogP contribution in [-0.4, -0.2) is 20.5 Å². The SMILES string of the molecule is Cc1ccc(-c2cn3c(-c4ccccc4)c(CC(=O)O)sc3n2)cc1C. The first-order chi connectivity index (χ1) is 12.5. The molecule has 2 heterocycles. The number of hydrogen-bond acceptors (Lipinski definition) is 3. The molecule has 0 atom stereocenters. The van der Waals surface area contributed by atoms with Crippen LogP contribution in [0.5, 0.6) is 0 Å². The Hall–Kier alpha value is -2.92. The van der Waals surface area contributed by atoms with Crippen molar-refractivity contribution in [2.24, 2.45) is 0 Å². The Balaban J connectivity index is 1.90. The molecule has 0 saturated carbocycles. The van der Waals surface area contributed by atoms with Crippen LogP contribution in [0, 0.1) is 13.8 Å². The predicted molar refractivity (Wildman–Crippen MR) is 105 cm³/mol. The number of fused-ring (bicyclic) bond motifs is 1. The fraction of sp³-hybridized carbons (Fsp3) is 0.143. The molecular formula is C21H18N2O2S. The van der Waals surface area contributed by atoms with Crippen LogP contribution in [0.15, 0.2) is 54.7 Å². The zero-order chi connectivity index (χ0) is 18.3. The van der Waals surface area contributed by atoms with Gasteiger partial charge in [0.25, 0.3) is 0 Å². The third kappa shape index (κ3) is 2.91. The fourth-order valence-electron chi connectivity index (χ4n) is 3.08. The van der Waals surface area contributed by atoms with E-state index in [1.54, 1.807) is 0 Å². The summed E-state index contributed by atoms with van der Waals surface area (Å²) in [5, 5.41) is 9.27. The summed E-state index contributed by atoms with van der Waals surface area (Å²) in [6, 6.07) is 16.2. The van der Waals surface area contributed by atoms with E-state index in [-0.39, 0.29) is 6.42 Å². The molecule has 0 amide bonds. The first-order valence-electron chi connectivity index (χ1n) is 8.38. The van der Waals surface area contributed by atoms with E-state index in [0.717, 1.165) is 32.4 Å². The first kappa shape index (κ1) is 16.5. The number of imidazole rings is 1. The summed E-state index contributed by atoms with van der Waals surface area (Å²) in [6.45, 7) is 4.19. The van der Waals surface area contributed by atoms with Gasteiger partial charge in [-0.15, -0.1) is 11.3 Å². The van der Waals surface area contributed by atoms with Crippen molar-refractivity contribution in [1.29, 1.82) is 0 Å². The van der Waals surface area contributed by atoms with E-state index in [0.29, 0.717) is 0 Å². The number of nitrogens with zero attached hydrogens (tertiary/aromatic N) is 2. The monoisotopic (exact) mass is 362 g/mol. The third-order valence-electron chi connectivity index (χ3n) is 4.55. The van der Waals surface area contributed by atoms with Crippen LogP contribution in [0.4, 0.5) is 0 Å². The van der Waals surface area contributed by atoms with Gasteiger partial charge >= 0.3 is 5.97 Å². The Morgan fingerprint density at radius 3 is 2.54 bits per heavy atom. The Labute approximate surface area is 155 Å². The highest BCUT2D eigenvalue weighted by atomic mass is 32.1. The molecule has 0 saturated heterocycles. The smallest absolute Gasteiger partial charge is 0.308 e. The minimum Gasteiger partial charge on any atom is -0.481 e. The average Bonchev–Trinajstić information content (AvgIpc) is 3.15. The summed E-state index contributed by atoms with van der Waals surface area (Å²) in [4.78, 5) is 17.7. The predicted octanol–water partition coefficient (Wildman–Crippen LogP) is 4.97. The van der Waals surface area contributed by atoms with E-state index in [9.17, 15) is 9.90 Å². The summed E-state index contributed by atoms with van der Waals surface area (Å²) in [7, 11) is 0. The maximum Gasteiger partial charge on any atom is 0.308 e. The number of aryl methyl sites for hydroxylation is 2. The second-order valence-corrected chi connectivity index (χ2v) is 7.45. The van der Waals surface area contributed by atoms with E-state index in [1.165, 1.54) is 22.5 Å². The molecule has 1 N–H and O–H groups in total. The number of rotatable bonds is 4. The summed E-state index contributed by atoms with van der Waals surface area (Å²) in [5.41, 5.74) is 6.37. The highest BCUT2D eigenvalue weighted by molar-refractivity contribution is 7.17. The van der Waals surface area contributed by atoms with Crippen molar-refractivity contribution in [2.75, 3.05) is 0 Å². The highest BCUT2D eigenvalue weighted by Crippen LogP contribution is 2.34. The van der Waals surface area contributed by atoms with Crippen molar-refractivity contribution in [3.05, 3.63) is 70.7 Å². The van der Waals surface area contributed by atoms with E-state index in [1.807, 2.05) is 40.9 Å². The minimum absolute atomic E-state index is 0.00275. The molecule has 0 fully saturated rings. The van der Waals surface area contributed by atoms with Crippen molar-refractivity contribution in [3.63, 3.8) is 0 Å². The molecule has 2 aromatic heterocycles. The van der Waals surface area contributed by atoms with Gasteiger partial charge in [0.15, 0.2) is 4.96 Å². The second kappa shape index (κ2) is 6.42. The van der Waals surface area contributed by atoms with Crippen LogP contribution >= 0.6 is 11.3 Å². The Morgan fingerprint density at radius 2 is 1.85 bits per heavy atom. The van der Waals surface area contributed by atoms with Crippen LogP contribution in [0.3, 0.4) is 0 Å². The molecule has 5 heteroatoms. The molecule has 0 aliphatic carbocycles. The summed E-state index contributed by atoms with van der Waals surface area (Å²) in [5.74, 6) is -0.832. The van der Waals surface area contributed by atoms with Gasteiger partial charge in [-0.25, -0.2) is 4.98 Å². The lowest BCUT2D eigenvalue weighted by molar-refractivity contribution is -0.136. The third-order valence-corrected chi connectivity index (χ3v) is 5.61. The molecule has 0 aliphatic heterocycles. The van der Waals surface area contributed by atoms with Gasteiger partial charge in [-0.1, -0.05) is 42.5 Å². The van der Waals surface area contributed by atoms with Crippen molar-refractivity contribution in [2.45, 2.75) is 20.3 Å². The molecule has 0 radical (unpaired) electrons. The van der Waals surface area contributed by atoms with Gasteiger partial charge in [-0.2, -0.15) is 0 Å². The highest BCUT2D eigenvalue weighted by Gasteiger charge is 2.19. The largest absolute Gasteiger partial charge is 0.481 e. The normalized spacial score (nSPS) is 11.2. The number of thiazole rings is 1. The molecule has 2 aromatic carbocycles. The molecule has 0 unspecified atom stereocenters. The lowest BCUT2D eigenvalue weighted by atomic mass is 10.0. The number of hydrogen-bond donors (Lipinski definition) is 1. The first-order valence-corrected chi connectivity index (χ1v) is 9.20. The summed E-state index contributed by atoms with van der Waals surface area (Å²) in [6.07, 6.45) is 2.00. The van der Waals surface area contributed by atoms with Crippen molar-refractivity contribution in [3.8, 4) is 22.5 Å². The quantitative estimate of drug-likeness (QED) is 0.557. The van der Waals surface area contributed by atoms with E-state index < -0.39 is 5.97 Å². The van der Waals surface area contributed by atoms with Gasteiger partial charge in [0, 0.05) is 16.6 Å². The van der Waals surface area contributed by atoms with Gasteiger partial charge in [0.2, 0.25) is 0 Å². The molecule has 4 aromatic rings. The van der Waals surface area contributed by atoms with Gasteiger partial charge in [0.05, 0.1) is 17.8 Å². The second-order valence-electron chi connectivity index (χ2n) is 6.39. The van der Waals surface area contributed by atoms with Crippen LogP contribution < -0.4 is 0 Å². The lowest BCUT2D eigenvalue weighted by Crippen LogP contribution is -2.00. The van der Waals surface area contributed by atoms with Crippen LogP contribution in [0.1, 0.15) is 16.0 Å². The van der Waals surface area contributed by atoms with Crippen LogP contribution in [-0.2, 0) is 11.2 Å². The zero-order valence-electron chi connectivity index (χ0n) is 14.6. The van der Waals surface area contributed by atoms with Crippen molar-refractivity contribution >= 4 is 22.3 Å². The fourth-order valence-corrected chi connectivity index (χ4v) is 4.20. The topological polar surface area (TPSA) is 54.6 Å². The summed E-state index contributed by atoms with van der Waals surface area (Å²) >= 11 is 1.44. The number of carboxylic acids is 1. The Kier molecular flexibility index (Phi) is 4.09. The zero-order valence-corrected chi connectivity index (χ0v) is 15.4. The van der Waals surface area contributed by atoms with Crippen molar-refractivity contribution < 1.29 is 9.90 Å². The van der Waals surface area contributed by atoms with Gasteiger partial charge in [-0.05, 0) is 36.6 Å². The molecule has 130 valence electrons. The van der Waals surface area contributed by atoms with E-state index in [2.05, 4.69) is 32.0 Å². The van der Waals surface area contributed by atoms with E-state index in [4.69, 9.17) is 4.98 Å². The number of aromatic nitrogens is 2. The van der Waals surface area contributed by atoms with Crippen molar-refractivity contribution in [1.82, 2.24) is 9.38 Å². The van der Waals surface area contributed by atoms with Gasteiger partial charge in [0.1, 0.15) is 0 Å². The molecular weight excluding hydrogens is 344 g/mol. The number of benzene rings is 2. The number of carboxylic acid groups (broad SMARTS) is 1. The van der Waals surface area contributed by atoms with Crippen LogP contribution in [0.2, 0.25) is 0 Å². The number of carbonyl (C=O) groups is 1. The number of aliphatic carboxylic acids is 1. The Morgan fingerprint density at radius 1 is 1.08 bits per heavy atom. The minimum atomic E-state index is -0.832. The maximum atomic E-state index is 11.3. The van der Waals surface area contributed by atoms with E-state index >= 15 is 0 Å². The van der Waals surface area contributed by atoms with Gasteiger partial charge < -0.3 is 5.11 Å². The standard InChI is InChI=1S/C21H18N2O2S/c1-13-8-9-16(10-14(13)2)17-12-23-20(15-6-4-3-5-7-15)18(11-19(24)25)26-21(23)22-17/h3-10,12H,11H2,1-2H3,(H,24,25). The molecule has 0 aliphatic rings. The molecule has 0 bridgehead atoms. The Bertz CT molecular complexity index is 1110. The molecule has 26 heavy (non-hydrogen) atoms. The lowest BCUT2D eigenvalue weighted by Gasteiger charge is -2.04. The molecule has 4 rings (SSSR count). The molecule has 4 nitrogen and oxygen atoms in total. The average molecular weight is 362 g/mol. The molecule has 0 spiro atoms. The van der Waals surface area contributed by atoms with Crippen LogP contribution in [0.25, 0.3) is 27.5 Å². The summed E-state index contributed by atoms with van der Waals surface area (Å²) < 4.78 is 2.02. The maximum absolute atomic E-state index is 11.3. The van der Waals surface area contributed by atoms with Gasteiger partial charge in [-0.3, -0.25) is 9.20 Å².